The lowest BCUT2D eigenvalue weighted by Gasteiger charge is -2.30. The molecule has 0 amide bonds. The zero-order valence-corrected chi connectivity index (χ0v) is 13.2. The van der Waals surface area contributed by atoms with Crippen LogP contribution in [-0.4, -0.2) is 18.3 Å². The van der Waals surface area contributed by atoms with E-state index in [1.165, 1.54) is 11.3 Å². The van der Waals surface area contributed by atoms with Gasteiger partial charge in [-0.2, -0.15) is 0 Å². The van der Waals surface area contributed by atoms with Crippen molar-refractivity contribution in [1.82, 2.24) is 0 Å². The molecule has 0 saturated heterocycles. The summed E-state index contributed by atoms with van der Waals surface area (Å²) in [6.07, 6.45) is 2.99. The van der Waals surface area contributed by atoms with Crippen molar-refractivity contribution in [2.45, 2.75) is 40.0 Å². The number of anilines is 1. The van der Waals surface area contributed by atoms with E-state index in [1.807, 2.05) is 0 Å². The van der Waals surface area contributed by atoms with Crippen molar-refractivity contribution >= 4 is 21.6 Å². The molecule has 0 unspecified atom stereocenters. The molecule has 0 aliphatic heterocycles. The first-order valence-corrected chi connectivity index (χ1v) is 7.53. The van der Waals surface area contributed by atoms with Crippen molar-refractivity contribution < 1.29 is 5.11 Å². The predicted molar refractivity (Wildman–Crippen MR) is 82.1 cm³/mol. The highest BCUT2D eigenvalue weighted by atomic mass is 79.9. The van der Waals surface area contributed by atoms with Gasteiger partial charge in [0.05, 0.1) is 6.61 Å². The van der Waals surface area contributed by atoms with Gasteiger partial charge in [-0.3, -0.25) is 0 Å². The van der Waals surface area contributed by atoms with E-state index in [-0.39, 0.29) is 12.0 Å². The van der Waals surface area contributed by atoms with Crippen LogP contribution in [-0.2, 0) is 6.42 Å². The maximum atomic E-state index is 9.58. The maximum Gasteiger partial charge on any atom is 0.0504 e. The highest BCUT2D eigenvalue weighted by Crippen LogP contribution is 2.28. The third-order valence-corrected chi connectivity index (χ3v) is 4.43. The third-order valence-electron chi connectivity index (χ3n) is 3.94. The van der Waals surface area contributed by atoms with Crippen LogP contribution in [0.15, 0.2) is 22.7 Å². The number of rotatable bonds is 7. The van der Waals surface area contributed by atoms with E-state index in [9.17, 15) is 5.11 Å². The molecule has 1 rings (SSSR count). The molecule has 0 aromatic heterocycles. The smallest absolute Gasteiger partial charge is 0.0504 e. The van der Waals surface area contributed by atoms with Gasteiger partial charge in [0.15, 0.2) is 0 Å². The molecule has 0 heterocycles. The van der Waals surface area contributed by atoms with Crippen molar-refractivity contribution in [2.24, 2.45) is 5.41 Å². The van der Waals surface area contributed by atoms with E-state index >= 15 is 0 Å². The Bertz CT molecular complexity index is 366. The van der Waals surface area contributed by atoms with Crippen molar-refractivity contribution in [1.29, 1.82) is 0 Å². The molecule has 0 aliphatic carbocycles. The number of nitrogens with one attached hydrogen (secondary N) is 1. The van der Waals surface area contributed by atoms with Crippen LogP contribution in [0.25, 0.3) is 0 Å². The van der Waals surface area contributed by atoms with E-state index < -0.39 is 0 Å². The molecule has 0 bridgehead atoms. The second kappa shape index (κ2) is 7.15. The molecule has 0 radical (unpaired) electrons. The largest absolute Gasteiger partial charge is 0.396 e. The molecule has 1 aromatic rings. The van der Waals surface area contributed by atoms with Gasteiger partial charge in [-0.15, -0.1) is 0 Å². The number of halogens is 1. The Kier molecular flexibility index (Phi) is 6.16. The minimum absolute atomic E-state index is 0.00190. The van der Waals surface area contributed by atoms with Gasteiger partial charge in [-0.25, -0.2) is 0 Å². The van der Waals surface area contributed by atoms with Crippen LogP contribution in [0.1, 0.15) is 39.2 Å². The maximum absolute atomic E-state index is 9.58. The highest BCUT2D eigenvalue weighted by Gasteiger charge is 2.25. The molecule has 2 nitrogen and oxygen atoms in total. The van der Waals surface area contributed by atoms with Crippen molar-refractivity contribution in [3.05, 3.63) is 28.2 Å². The third kappa shape index (κ3) is 3.72. The first-order valence-electron chi connectivity index (χ1n) is 6.74. The van der Waals surface area contributed by atoms with Crippen LogP contribution in [0.2, 0.25) is 0 Å². The molecule has 1 aromatic carbocycles. The van der Waals surface area contributed by atoms with Gasteiger partial charge in [0.1, 0.15) is 0 Å². The molecule has 0 atom stereocenters. The van der Waals surface area contributed by atoms with E-state index in [0.717, 1.165) is 30.3 Å². The Morgan fingerprint density at radius 1 is 1.22 bits per heavy atom. The van der Waals surface area contributed by atoms with Gasteiger partial charge in [0.25, 0.3) is 0 Å². The lowest BCUT2D eigenvalue weighted by Crippen LogP contribution is -2.32. The molecule has 18 heavy (non-hydrogen) atoms. The number of hydrogen-bond acceptors (Lipinski definition) is 2. The number of hydrogen-bond donors (Lipinski definition) is 2. The fraction of sp³-hybridized carbons (Fsp3) is 0.600. The topological polar surface area (TPSA) is 32.3 Å². The zero-order chi connectivity index (χ0) is 13.6. The van der Waals surface area contributed by atoms with Gasteiger partial charge in [0.2, 0.25) is 0 Å². The predicted octanol–water partition coefficient (Wildman–Crippen LogP) is 4.22. The summed E-state index contributed by atoms with van der Waals surface area (Å²) in [5.41, 5.74) is 2.49. The Morgan fingerprint density at radius 2 is 1.89 bits per heavy atom. The Morgan fingerprint density at radius 3 is 2.39 bits per heavy atom. The molecule has 3 heteroatoms. The zero-order valence-electron chi connectivity index (χ0n) is 11.6. The average Bonchev–Trinajstić information content (AvgIpc) is 2.42. The first kappa shape index (κ1) is 15.5. The van der Waals surface area contributed by atoms with Crippen molar-refractivity contribution in [3.8, 4) is 0 Å². The second-order valence-electron chi connectivity index (χ2n) is 4.87. The Balaban J connectivity index is 2.79. The molecule has 0 saturated carbocycles. The normalized spacial score (nSPS) is 11.6. The summed E-state index contributed by atoms with van der Waals surface area (Å²) in [6.45, 7) is 7.51. The standard InChI is InChI=1S/C15H24BrNO/c1-4-12-9-13(16)7-8-14(12)17-10-15(5-2,6-3)11-18/h7-9,17-18H,4-6,10-11H2,1-3H3. The van der Waals surface area contributed by atoms with Crippen LogP contribution < -0.4 is 5.32 Å². The fourth-order valence-corrected chi connectivity index (χ4v) is 2.50. The van der Waals surface area contributed by atoms with E-state index in [0.29, 0.717) is 0 Å². The van der Waals surface area contributed by atoms with Crippen LogP contribution in [0.3, 0.4) is 0 Å². The van der Waals surface area contributed by atoms with Crippen LogP contribution >= 0.6 is 15.9 Å². The number of benzene rings is 1. The minimum Gasteiger partial charge on any atom is -0.396 e. The quantitative estimate of drug-likeness (QED) is 0.790. The molecule has 0 aliphatic rings. The lowest BCUT2D eigenvalue weighted by molar-refractivity contribution is 0.127. The summed E-state index contributed by atoms with van der Waals surface area (Å²) < 4.78 is 1.12. The van der Waals surface area contributed by atoms with E-state index in [4.69, 9.17) is 0 Å². The monoisotopic (exact) mass is 313 g/mol. The molecule has 2 N–H and O–H groups in total. The summed E-state index contributed by atoms with van der Waals surface area (Å²) in [5.74, 6) is 0. The van der Waals surface area contributed by atoms with E-state index in [2.05, 4.69) is 60.2 Å². The van der Waals surface area contributed by atoms with Crippen molar-refractivity contribution in [2.75, 3.05) is 18.5 Å². The first-order chi connectivity index (χ1) is 8.60. The molecule has 0 fully saturated rings. The van der Waals surface area contributed by atoms with Gasteiger partial charge in [0, 0.05) is 22.1 Å². The molecular weight excluding hydrogens is 290 g/mol. The van der Waals surface area contributed by atoms with E-state index in [1.54, 1.807) is 0 Å². The molecule has 0 spiro atoms. The van der Waals surface area contributed by atoms with Crippen LogP contribution in [0.5, 0.6) is 0 Å². The highest BCUT2D eigenvalue weighted by molar-refractivity contribution is 9.10. The minimum atomic E-state index is -0.00190. The van der Waals surface area contributed by atoms with Gasteiger partial charge >= 0.3 is 0 Å². The number of aliphatic hydroxyl groups excluding tert-OH is 1. The lowest BCUT2D eigenvalue weighted by atomic mass is 9.83. The summed E-state index contributed by atoms with van der Waals surface area (Å²) in [7, 11) is 0. The van der Waals surface area contributed by atoms with Gasteiger partial charge < -0.3 is 10.4 Å². The SMILES string of the molecule is CCc1cc(Br)ccc1NCC(CC)(CC)CO. The van der Waals surface area contributed by atoms with Gasteiger partial charge in [-0.1, -0.05) is 36.7 Å². The summed E-state index contributed by atoms with van der Waals surface area (Å²) in [5, 5.41) is 13.1. The summed E-state index contributed by atoms with van der Waals surface area (Å²) in [4.78, 5) is 0. The Labute approximate surface area is 119 Å². The second-order valence-corrected chi connectivity index (χ2v) is 5.79. The average molecular weight is 314 g/mol. The number of aliphatic hydroxyl groups is 1. The molecular formula is C15H24BrNO. The summed E-state index contributed by atoms with van der Waals surface area (Å²) in [6, 6.07) is 6.32. The van der Waals surface area contributed by atoms with Crippen LogP contribution in [0, 0.1) is 5.41 Å². The summed E-state index contributed by atoms with van der Waals surface area (Å²) >= 11 is 3.50. The van der Waals surface area contributed by atoms with Crippen molar-refractivity contribution in [3.63, 3.8) is 0 Å². The fourth-order valence-electron chi connectivity index (χ4n) is 2.09. The Hall–Kier alpha value is -0.540. The van der Waals surface area contributed by atoms with Crippen LogP contribution in [0.4, 0.5) is 5.69 Å². The number of aryl methyl sites for hydroxylation is 1. The molecule has 102 valence electrons. The van der Waals surface area contributed by atoms with Gasteiger partial charge in [-0.05, 0) is 43.0 Å².